The van der Waals surface area contributed by atoms with Gasteiger partial charge >= 0.3 is 0 Å². The molecule has 0 radical (unpaired) electrons. The van der Waals surface area contributed by atoms with Crippen molar-refractivity contribution in [1.82, 2.24) is 10.3 Å². The molecule has 1 unspecified atom stereocenters. The lowest BCUT2D eigenvalue weighted by molar-refractivity contribution is -0.120. The first-order valence-corrected chi connectivity index (χ1v) is 8.65. The molecule has 1 amide bonds. The second-order valence-electron chi connectivity index (χ2n) is 5.47. The summed E-state index contributed by atoms with van der Waals surface area (Å²) in [6.07, 6.45) is 0. The highest BCUT2D eigenvalue weighted by Gasteiger charge is 2.22. The smallest absolute Gasteiger partial charge is 0.245 e. The fraction of sp³-hybridized carbons (Fsp3) is 0.375. The average Bonchev–Trinajstić information content (AvgIpc) is 3.10. The quantitative estimate of drug-likeness (QED) is 0.876. The third-order valence-electron chi connectivity index (χ3n) is 3.81. The van der Waals surface area contributed by atoms with Gasteiger partial charge in [-0.2, -0.15) is 0 Å². The Balaban J connectivity index is 1.47. The van der Waals surface area contributed by atoms with E-state index >= 15 is 0 Å². The summed E-state index contributed by atoms with van der Waals surface area (Å²) in [6.45, 7) is 2.81. The molecule has 1 aromatic carbocycles. The van der Waals surface area contributed by atoms with Gasteiger partial charge in [0.15, 0.2) is 16.6 Å². The van der Waals surface area contributed by atoms with Crippen molar-refractivity contribution in [1.29, 1.82) is 0 Å². The Kier molecular flexibility index (Phi) is 4.33. The number of amides is 1. The van der Waals surface area contributed by atoms with E-state index in [1.807, 2.05) is 23.6 Å². The Morgan fingerprint density at radius 2 is 2.12 bits per heavy atom. The van der Waals surface area contributed by atoms with Crippen molar-refractivity contribution in [2.24, 2.45) is 0 Å². The molecule has 1 fully saturated rings. The number of morpholine rings is 1. The van der Waals surface area contributed by atoms with Gasteiger partial charge in [0.1, 0.15) is 19.3 Å². The molecule has 7 nitrogen and oxygen atoms in total. The average molecular weight is 347 g/mol. The summed E-state index contributed by atoms with van der Waals surface area (Å²) in [4.78, 5) is 16.7. The van der Waals surface area contributed by atoms with Crippen LogP contribution in [0, 0.1) is 0 Å². The van der Waals surface area contributed by atoms with Crippen molar-refractivity contribution in [2.45, 2.75) is 6.04 Å². The molecule has 2 N–H and O–H groups in total. The maximum Gasteiger partial charge on any atom is 0.245 e. The third-order valence-corrected chi connectivity index (χ3v) is 4.57. The van der Waals surface area contributed by atoms with Crippen molar-refractivity contribution >= 4 is 22.4 Å². The number of ether oxygens (including phenoxy) is 3. The predicted molar refractivity (Wildman–Crippen MR) is 89.8 cm³/mol. The van der Waals surface area contributed by atoms with Gasteiger partial charge in [0.05, 0.1) is 18.9 Å². The Morgan fingerprint density at radius 3 is 2.96 bits per heavy atom. The maximum atomic E-state index is 12.2. The van der Waals surface area contributed by atoms with Gasteiger partial charge in [-0.25, -0.2) is 4.98 Å². The molecule has 1 atom stereocenters. The van der Waals surface area contributed by atoms with Crippen LogP contribution in [-0.4, -0.2) is 49.9 Å². The van der Waals surface area contributed by atoms with Crippen molar-refractivity contribution in [3.63, 3.8) is 0 Å². The Bertz CT molecular complexity index is 743. The molecule has 24 heavy (non-hydrogen) atoms. The summed E-state index contributed by atoms with van der Waals surface area (Å²) in [5.74, 6) is 1.34. The normalized spacial score (nSPS) is 19.8. The van der Waals surface area contributed by atoms with Crippen LogP contribution in [0.1, 0.15) is 0 Å². The van der Waals surface area contributed by atoms with E-state index in [9.17, 15) is 4.79 Å². The lowest BCUT2D eigenvalue weighted by atomic mass is 10.1. The fourth-order valence-corrected chi connectivity index (χ4v) is 3.32. The number of carbonyl (C=O) groups excluding carboxylic acids is 1. The van der Waals surface area contributed by atoms with Gasteiger partial charge in [0.25, 0.3) is 0 Å². The highest BCUT2D eigenvalue weighted by atomic mass is 32.1. The molecule has 0 saturated carbocycles. The zero-order valence-electron chi connectivity index (χ0n) is 12.9. The molecule has 8 heteroatoms. The van der Waals surface area contributed by atoms with Crippen LogP contribution in [0.5, 0.6) is 11.5 Å². The zero-order valence-corrected chi connectivity index (χ0v) is 13.7. The van der Waals surface area contributed by atoms with Crippen molar-refractivity contribution < 1.29 is 19.0 Å². The first kappa shape index (κ1) is 15.4. The molecule has 2 aliphatic rings. The molecular weight excluding hydrogens is 330 g/mol. The molecule has 1 saturated heterocycles. The van der Waals surface area contributed by atoms with Gasteiger partial charge < -0.3 is 24.8 Å². The van der Waals surface area contributed by atoms with Gasteiger partial charge in [0.2, 0.25) is 5.91 Å². The SMILES string of the molecule is O=C(Nc1nc(-c2ccc3c(c2)OCCO3)cs1)C1COCCN1. The Morgan fingerprint density at radius 1 is 1.25 bits per heavy atom. The number of nitrogens with zero attached hydrogens (tertiary/aromatic N) is 1. The van der Waals surface area contributed by atoms with E-state index in [-0.39, 0.29) is 11.9 Å². The molecule has 2 aliphatic heterocycles. The highest BCUT2D eigenvalue weighted by molar-refractivity contribution is 7.14. The second-order valence-corrected chi connectivity index (χ2v) is 6.33. The number of anilines is 1. The number of fused-ring (bicyclic) bond motifs is 1. The van der Waals surface area contributed by atoms with Gasteiger partial charge in [0, 0.05) is 17.5 Å². The molecule has 2 aromatic rings. The first-order valence-electron chi connectivity index (χ1n) is 7.77. The van der Waals surface area contributed by atoms with Gasteiger partial charge in [-0.1, -0.05) is 0 Å². The lowest BCUT2D eigenvalue weighted by Crippen LogP contribution is -2.48. The number of aromatic nitrogens is 1. The molecule has 0 spiro atoms. The number of thiazole rings is 1. The maximum absolute atomic E-state index is 12.2. The standard InChI is InChI=1S/C16H17N3O4S/c20-15(11-8-21-4-3-17-11)19-16-18-12(9-24-16)10-1-2-13-14(7-10)23-6-5-22-13/h1-2,7,9,11,17H,3-6,8H2,(H,18,19,20). The minimum absolute atomic E-state index is 0.127. The minimum Gasteiger partial charge on any atom is -0.486 e. The van der Waals surface area contributed by atoms with Crippen LogP contribution in [0.4, 0.5) is 5.13 Å². The second kappa shape index (κ2) is 6.76. The predicted octanol–water partition coefficient (Wildman–Crippen LogP) is 1.51. The van der Waals surface area contributed by atoms with E-state index in [2.05, 4.69) is 15.6 Å². The lowest BCUT2D eigenvalue weighted by Gasteiger charge is -2.22. The number of hydrogen-bond acceptors (Lipinski definition) is 7. The van der Waals surface area contributed by atoms with E-state index in [1.165, 1.54) is 11.3 Å². The third kappa shape index (κ3) is 3.21. The number of hydrogen-bond donors (Lipinski definition) is 2. The van der Waals surface area contributed by atoms with E-state index in [4.69, 9.17) is 14.2 Å². The molecule has 1 aromatic heterocycles. The topological polar surface area (TPSA) is 81.7 Å². The van der Waals surface area contributed by atoms with Gasteiger partial charge in [-0.05, 0) is 18.2 Å². The van der Waals surface area contributed by atoms with Crippen molar-refractivity contribution in [3.8, 4) is 22.8 Å². The summed E-state index contributed by atoms with van der Waals surface area (Å²) >= 11 is 1.39. The number of nitrogens with one attached hydrogen (secondary N) is 2. The summed E-state index contributed by atoms with van der Waals surface area (Å²) in [5.41, 5.74) is 1.72. The fourth-order valence-electron chi connectivity index (χ4n) is 2.59. The summed E-state index contributed by atoms with van der Waals surface area (Å²) < 4.78 is 16.4. The van der Waals surface area contributed by atoms with Gasteiger partial charge in [-0.3, -0.25) is 4.79 Å². The summed E-state index contributed by atoms with van der Waals surface area (Å²) in [7, 11) is 0. The van der Waals surface area contributed by atoms with Crippen LogP contribution in [-0.2, 0) is 9.53 Å². The van der Waals surface area contributed by atoms with Crippen LogP contribution < -0.4 is 20.1 Å². The van der Waals surface area contributed by atoms with Crippen LogP contribution in [0.25, 0.3) is 11.3 Å². The highest BCUT2D eigenvalue weighted by Crippen LogP contribution is 2.35. The Labute approximate surface area is 142 Å². The zero-order chi connectivity index (χ0) is 16.4. The number of benzene rings is 1. The van der Waals surface area contributed by atoms with E-state index in [1.54, 1.807) is 0 Å². The van der Waals surface area contributed by atoms with Crippen molar-refractivity contribution in [2.75, 3.05) is 38.3 Å². The minimum atomic E-state index is -0.333. The van der Waals surface area contributed by atoms with Gasteiger partial charge in [-0.15, -0.1) is 11.3 Å². The molecule has 4 rings (SSSR count). The summed E-state index contributed by atoms with van der Waals surface area (Å²) in [6, 6.07) is 5.39. The number of rotatable bonds is 3. The molecule has 0 aliphatic carbocycles. The largest absolute Gasteiger partial charge is 0.486 e. The van der Waals surface area contributed by atoms with E-state index in [0.717, 1.165) is 22.8 Å². The molecular formula is C16H17N3O4S. The number of carbonyl (C=O) groups is 1. The van der Waals surface area contributed by atoms with Crippen LogP contribution in [0.15, 0.2) is 23.6 Å². The molecule has 126 valence electrons. The van der Waals surface area contributed by atoms with E-state index in [0.29, 0.717) is 38.1 Å². The molecule has 3 heterocycles. The van der Waals surface area contributed by atoms with Crippen LogP contribution >= 0.6 is 11.3 Å². The van der Waals surface area contributed by atoms with Crippen molar-refractivity contribution in [3.05, 3.63) is 23.6 Å². The first-order chi connectivity index (χ1) is 11.8. The van der Waals surface area contributed by atoms with Crippen LogP contribution in [0.3, 0.4) is 0 Å². The monoisotopic (exact) mass is 347 g/mol. The van der Waals surface area contributed by atoms with Crippen LogP contribution in [0.2, 0.25) is 0 Å². The summed E-state index contributed by atoms with van der Waals surface area (Å²) in [5, 5.41) is 8.43. The molecule has 0 bridgehead atoms. The van der Waals surface area contributed by atoms with E-state index < -0.39 is 0 Å². The Hall–Kier alpha value is -2.16.